The van der Waals surface area contributed by atoms with Gasteiger partial charge in [0.1, 0.15) is 13.1 Å². The molecule has 2 aromatic rings. The molecule has 27 heavy (non-hydrogen) atoms. The van der Waals surface area contributed by atoms with Crippen LogP contribution < -0.4 is 9.80 Å². The summed E-state index contributed by atoms with van der Waals surface area (Å²) in [6, 6.07) is 10.4. The summed E-state index contributed by atoms with van der Waals surface area (Å²) in [6.45, 7) is 3.36. The smallest absolute Gasteiger partial charge is 0.268 e. The third kappa shape index (κ3) is 3.41. The van der Waals surface area contributed by atoms with Gasteiger partial charge in [0.15, 0.2) is 18.1 Å². The molecule has 1 fully saturated rings. The number of hydrogen-bond donors (Lipinski definition) is 2. The quantitative estimate of drug-likeness (QED) is 0.728. The maximum atomic E-state index is 13.2. The molecule has 0 unspecified atom stereocenters. The average Bonchev–Trinajstić information content (AvgIpc) is 3.20. The van der Waals surface area contributed by atoms with E-state index in [9.17, 15) is 14.7 Å². The number of hydrogen-bond acceptors (Lipinski definition) is 5. The van der Waals surface area contributed by atoms with Crippen molar-refractivity contribution in [3.63, 3.8) is 0 Å². The van der Waals surface area contributed by atoms with Crippen LogP contribution in [0.5, 0.6) is 0 Å². The Morgan fingerprint density at radius 1 is 1.26 bits per heavy atom. The number of anilines is 1. The minimum atomic E-state index is -1.85. The van der Waals surface area contributed by atoms with Crippen LogP contribution in [0, 0.1) is 0 Å². The predicted molar refractivity (Wildman–Crippen MR) is 102 cm³/mol. The van der Waals surface area contributed by atoms with E-state index >= 15 is 0 Å². The Morgan fingerprint density at radius 3 is 2.70 bits per heavy atom. The highest BCUT2D eigenvalue weighted by Crippen LogP contribution is 2.42. The number of Topliss-reactive ketones (excluding diaryl/α,β-unsaturated/α-hetero) is 1. The second-order valence-electron chi connectivity index (χ2n) is 6.83. The molecule has 6 nitrogen and oxygen atoms in total. The zero-order valence-corrected chi connectivity index (χ0v) is 16.2. The second kappa shape index (κ2) is 7.33. The van der Waals surface area contributed by atoms with Crippen LogP contribution in [0.1, 0.15) is 21.7 Å². The highest BCUT2D eigenvalue weighted by Gasteiger charge is 2.51. The van der Waals surface area contributed by atoms with Crippen LogP contribution in [0.3, 0.4) is 0 Å². The van der Waals surface area contributed by atoms with Crippen molar-refractivity contribution in [3.8, 4) is 0 Å². The molecule has 2 aliphatic heterocycles. The first-order chi connectivity index (χ1) is 13.0. The monoisotopic (exact) mass is 407 g/mol. The lowest BCUT2D eigenvalue weighted by atomic mass is 9.89. The zero-order chi connectivity index (χ0) is 19.0. The molecule has 1 aromatic heterocycles. The minimum absolute atomic E-state index is 0.293. The van der Waals surface area contributed by atoms with Gasteiger partial charge in [0.25, 0.3) is 5.91 Å². The molecule has 4 rings (SSSR count). The lowest BCUT2D eigenvalue weighted by Gasteiger charge is -2.29. The maximum absolute atomic E-state index is 13.2. The van der Waals surface area contributed by atoms with Gasteiger partial charge in [-0.1, -0.05) is 29.8 Å². The number of para-hydroxylation sites is 1. The van der Waals surface area contributed by atoms with Gasteiger partial charge in [-0.3, -0.25) is 14.5 Å². The number of quaternary nitrogens is 1. The summed E-state index contributed by atoms with van der Waals surface area (Å²) in [5.74, 6) is -0.739. The molecule has 1 aromatic carbocycles. The van der Waals surface area contributed by atoms with Crippen molar-refractivity contribution < 1.29 is 24.3 Å². The molecular weight excluding hydrogens is 388 g/mol. The van der Waals surface area contributed by atoms with E-state index in [2.05, 4.69) is 0 Å². The van der Waals surface area contributed by atoms with Crippen molar-refractivity contribution in [2.45, 2.75) is 12.0 Å². The third-order valence-corrected chi connectivity index (χ3v) is 6.36. The van der Waals surface area contributed by atoms with Gasteiger partial charge in [0.2, 0.25) is 0 Å². The molecule has 2 aliphatic rings. The number of carbonyl (C=O) groups is 2. The number of ketones is 1. The molecule has 1 saturated heterocycles. The first-order valence-corrected chi connectivity index (χ1v) is 10.0. The fraction of sp³-hybridized carbons (Fsp3) is 0.368. The fourth-order valence-corrected chi connectivity index (χ4v) is 4.64. The Bertz CT molecular complexity index is 880. The summed E-state index contributed by atoms with van der Waals surface area (Å²) >= 11 is 7.06. The third-order valence-electron chi connectivity index (χ3n) is 5.09. The Hall–Kier alpha value is -1.77. The minimum Gasteiger partial charge on any atom is -0.375 e. The molecule has 1 atom stereocenters. The van der Waals surface area contributed by atoms with Crippen molar-refractivity contribution >= 4 is 40.3 Å². The number of thiophene rings is 1. The van der Waals surface area contributed by atoms with Crippen LogP contribution >= 0.6 is 22.9 Å². The fourth-order valence-electron chi connectivity index (χ4n) is 3.66. The van der Waals surface area contributed by atoms with E-state index in [1.54, 1.807) is 29.2 Å². The second-order valence-corrected chi connectivity index (χ2v) is 8.55. The van der Waals surface area contributed by atoms with Gasteiger partial charge >= 0.3 is 0 Å². The molecule has 0 radical (unpaired) electrons. The van der Waals surface area contributed by atoms with Crippen LogP contribution in [-0.2, 0) is 15.1 Å². The number of fused-ring (bicyclic) bond motifs is 1. The molecule has 0 bridgehead atoms. The number of morpholine rings is 1. The van der Waals surface area contributed by atoms with Crippen LogP contribution in [-0.4, -0.2) is 49.8 Å². The molecule has 8 heteroatoms. The van der Waals surface area contributed by atoms with Crippen LogP contribution in [0.25, 0.3) is 0 Å². The summed E-state index contributed by atoms with van der Waals surface area (Å²) in [5, 5.41) is 11.3. The first kappa shape index (κ1) is 18.6. The van der Waals surface area contributed by atoms with Gasteiger partial charge in [-0.05, 0) is 18.2 Å². The summed E-state index contributed by atoms with van der Waals surface area (Å²) in [4.78, 5) is 29.1. The lowest BCUT2D eigenvalue weighted by Crippen LogP contribution is -3.15. The Morgan fingerprint density at radius 2 is 2.00 bits per heavy atom. The lowest BCUT2D eigenvalue weighted by molar-refractivity contribution is -0.906. The van der Waals surface area contributed by atoms with E-state index in [4.69, 9.17) is 16.3 Å². The molecular formula is C19H20ClN2O4S+. The number of nitrogens with zero attached hydrogens (tertiary/aromatic N) is 1. The SMILES string of the molecule is O=C(C[C@]1(O)C(=O)N(C[NH+]2CCOCC2)c2ccccc21)c1ccc(Cl)s1. The molecule has 142 valence electrons. The molecule has 0 saturated carbocycles. The highest BCUT2D eigenvalue weighted by atomic mass is 35.5. The van der Waals surface area contributed by atoms with E-state index in [0.717, 1.165) is 24.4 Å². The summed E-state index contributed by atoms with van der Waals surface area (Å²) < 4.78 is 5.88. The van der Waals surface area contributed by atoms with Crippen molar-refractivity contribution in [2.75, 3.05) is 37.9 Å². The normalized spacial score (nSPS) is 22.9. The van der Waals surface area contributed by atoms with Gasteiger partial charge in [-0.25, -0.2) is 0 Å². The summed E-state index contributed by atoms with van der Waals surface area (Å²) in [7, 11) is 0. The van der Waals surface area contributed by atoms with E-state index in [1.807, 2.05) is 12.1 Å². The highest BCUT2D eigenvalue weighted by molar-refractivity contribution is 7.18. The number of benzene rings is 1. The topological polar surface area (TPSA) is 71.3 Å². The van der Waals surface area contributed by atoms with Crippen LogP contribution in [0.4, 0.5) is 5.69 Å². The zero-order valence-electron chi connectivity index (χ0n) is 14.6. The van der Waals surface area contributed by atoms with E-state index in [-0.39, 0.29) is 12.2 Å². The summed E-state index contributed by atoms with van der Waals surface area (Å²) in [6.07, 6.45) is -0.297. The number of amides is 1. The van der Waals surface area contributed by atoms with Gasteiger partial charge in [-0.15, -0.1) is 11.3 Å². The largest absolute Gasteiger partial charge is 0.375 e. The van der Waals surface area contributed by atoms with E-state index in [1.165, 1.54) is 4.90 Å². The van der Waals surface area contributed by atoms with Crippen molar-refractivity contribution in [3.05, 3.63) is 51.2 Å². The van der Waals surface area contributed by atoms with Crippen LogP contribution in [0.2, 0.25) is 4.34 Å². The van der Waals surface area contributed by atoms with Gasteiger partial charge in [0.05, 0.1) is 34.5 Å². The van der Waals surface area contributed by atoms with E-state index < -0.39 is 11.5 Å². The average molecular weight is 408 g/mol. The standard InChI is InChI=1S/C19H19ClN2O4S/c20-17-6-5-16(27-17)15(23)11-19(25)13-3-1-2-4-14(13)22(18(19)24)12-21-7-9-26-10-8-21/h1-6,25H,7-12H2/p+1/t19-/m1/s1. The van der Waals surface area contributed by atoms with Gasteiger partial charge in [-0.2, -0.15) is 0 Å². The molecule has 0 spiro atoms. The van der Waals surface area contributed by atoms with Crippen molar-refractivity contribution in [2.24, 2.45) is 0 Å². The van der Waals surface area contributed by atoms with Gasteiger partial charge in [0, 0.05) is 5.56 Å². The molecule has 3 heterocycles. The molecule has 0 aliphatic carbocycles. The Labute approximate surface area is 165 Å². The van der Waals surface area contributed by atoms with Gasteiger partial charge < -0.3 is 14.7 Å². The molecule has 1 amide bonds. The van der Waals surface area contributed by atoms with Crippen molar-refractivity contribution in [1.29, 1.82) is 0 Å². The Balaban J connectivity index is 1.62. The number of ether oxygens (including phenoxy) is 1. The molecule has 2 N–H and O–H groups in total. The van der Waals surface area contributed by atoms with Crippen molar-refractivity contribution in [1.82, 2.24) is 0 Å². The first-order valence-electron chi connectivity index (χ1n) is 8.83. The Kier molecular flexibility index (Phi) is 5.05. The summed E-state index contributed by atoms with van der Waals surface area (Å²) in [5.41, 5.74) is -0.699. The maximum Gasteiger partial charge on any atom is 0.268 e. The predicted octanol–water partition coefficient (Wildman–Crippen LogP) is 1.08. The number of carbonyl (C=O) groups excluding carboxylic acids is 2. The number of rotatable bonds is 5. The number of halogens is 1. The number of aliphatic hydroxyl groups is 1. The number of nitrogens with one attached hydrogen (secondary N) is 1. The van der Waals surface area contributed by atoms with Crippen LogP contribution in [0.15, 0.2) is 36.4 Å². The van der Waals surface area contributed by atoms with E-state index in [0.29, 0.717) is 40.3 Å².